The zero-order valence-electron chi connectivity index (χ0n) is 45.2. The maximum atomic E-state index is 14.5. The van der Waals surface area contributed by atoms with E-state index >= 15 is 0 Å². The molecule has 6 rings (SSSR count). The maximum Gasteiger partial charge on any atom is 0.410 e. The molecule has 72 heavy (non-hydrogen) atoms. The molecule has 5 aliphatic rings. The second-order valence-electron chi connectivity index (χ2n) is 23.0. The van der Waals surface area contributed by atoms with Crippen molar-refractivity contribution in [3.63, 3.8) is 0 Å². The molecule has 1 aromatic rings. The molecule has 21 heteroatoms. The van der Waals surface area contributed by atoms with Crippen molar-refractivity contribution in [2.24, 2.45) is 17.8 Å². The van der Waals surface area contributed by atoms with Gasteiger partial charge in [-0.2, -0.15) is 0 Å². The van der Waals surface area contributed by atoms with Crippen molar-refractivity contribution >= 4 is 12.1 Å². The molecule has 1 amide bonds. The van der Waals surface area contributed by atoms with Gasteiger partial charge in [0.05, 0.1) is 66.4 Å². The van der Waals surface area contributed by atoms with Crippen LogP contribution in [0.3, 0.4) is 0 Å². The molecule has 0 radical (unpaired) electrons. The number of carbonyl (C=O) groups excluding carboxylic acids is 2. The minimum Gasteiger partial charge on any atom is -0.459 e. The predicted octanol–water partition coefficient (Wildman–Crippen LogP) is 2.23. The van der Waals surface area contributed by atoms with Gasteiger partial charge in [0.25, 0.3) is 0 Å². The van der Waals surface area contributed by atoms with Crippen LogP contribution in [-0.4, -0.2) is 222 Å². The van der Waals surface area contributed by atoms with E-state index in [2.05, 4.69) is 10.3 Å². The van der Waals surface area contributed by atoms with Crippen molar-refractivity contribution in [2.75, 3.05) is 40.8 Å². The zero-order valence-corrected chi connectivity index (χ0v) is 45.2. The lowest BCUT2D eigenvalue weighted by molar-refractivity contribution is -0.318. The average Bonchev–Trinajstić information content (AvgIpc) is 3.94. The highest BCUT2D eigenvalue weighted by Crippen LogP contribution is 2.40. The van der Waals surface area contributed by atoms with Gasteiger partial charge in [0.2, 0.25) is 0 Å². The molecule has 6 N–H and O–H groups in total. The second-order valence-corrected chi connectivity index (χ2v) is 23.0. The number of rotatable bonds is 13. The third-order valence-electron chi connectivity index (χ3n) is 16.8. The van der Waals surface area contributed by atoms with Crippen molar-refractivity contribution in [1.29, 1.82) is 0 Å². The monoisotopic (exact) mass is 1030 g/mol. The summed E-state index contributed by atoms with van der Waals surface area (Å²) < 4.78 is 45.7. The van der Waals surface area contributed by atoms with E-state index in [1.807, 2.05) is 50.9 Å². The molecular formula is C51H90N6O15. The lowest BCUT2D eigenvalue weighted by atomic mass is 9.77. The van der Waals surface area contributed by atoms with E-state index in [1.165, 1.54) is 14.0 Å². The van der Waals surface area contributed by atoms with Gasteiger partial charge < -0.3 is 78.5 Å². The molecule has 19 atom stereocenters. The number of esters is 1. The van der Waals surface area contributed by atoms with E-state index in [0.29, 0.717) is 51.9 Å². The van der Waals surface area contributed by atoms with Crippen molar-refractivity contribution in [2.45, 2.75) is 242 Å². The first-order chi connectivity index (χ1) is 33.7. The van der Waals surface area contributed by atoms with Crippen LogP contribution in [-0.2, 0) is 50.9 Å². The predicted molar refractivity (Wildman–Crippen MR) is 262 cm³/mol. The van der Waals surface area contributed by atoms with Crippen LogP contribution in [0.1, 0.15) is 126 Å². The fourth-order valence-electron chi connectivity index (χ4n) is 12.2. The molecule has 1 aromatic heterocycles. The van der Waals surface area contributed by atoms with Gasteiger partial charge in [0, 0.05) is 63.3 Å². The Kier molecular flexibility index (Phi) is 19.7. The third-order valence-corrected chi connectivity index (χ3v) is 16.8. The van der Waals surface area contributed by atoms with Crippen LogP contribution in [0.15, 0.2) is 6.20 Å². The molecule has 0 bridgehead atoms. The highest BCUT2D eigenvalue weighted by atomic mass is 16.7. The number of hydrogen-bond donors (Lipinski definition) is 6. The maximum absolute atomic E-state index is 14.5. The quantitative estimate of drug-likeness (QED) is 0.155. The molecule has 1 saturated carbocycles. The Morgan fingerprint density at radius 2 is 1.58 bits per heavy atom. The Hall–Kier alpha value is -2.64. The molecule has 5 fully saturated rings. The minimum absolute atomic E-state index is 0.0586. The Bertz CT molecular complexity index is 1900. The van der Waals surface area contributed by atoms with E-state index in [9.17, 15) is 40.2 Å². The van der Waals surface area contributed by atoms with Crippen molar-refractivity contribution in [3.05, 3.63) is 11.9 Å². The van der Waals surface area contributed by atoms with Crippen molar-refractivity contribution in [1.82, 2.24) is 29.7 Å². The number of aromatic nitrogens is 3. The summed E-state index contributed by atoms with van der Waals surface area (Å²) in [5.74, 6) is -2.82. The van der Waals surface area contributed by atoms with Crippen LogP contribution in [0.2, 0.25) is 0 Å². The largest absolute Gasteiger partial charge is 0.459 e. The summed E-state index contributed by atoms with van der Waals surface area (Å²) in [5, 5.41) is 78.4. The summed E-state index contributed by atoms with van der Waals surface area (Å²) in [6.45, 7) is 19.2. The van der Waals surface area contributed by atoms with Gasteiger partial charge in [-0.25, -0.2) is 9.48 Å². The van der Waals surface area contributed by atoms with Crippen LogP contribution >= 0.6 is 0 Å². The number of hydrogen-bond acceptors (Lipinski definition) is 19. The van der Waals surface area contributed by atoms with E-state index in [1.54, 1.807) is 51.1 Å². The van der Waals surface area contributed by atoms with Crippen LogP contribution in [0.25, 0.3) is 0 Å². The van der Waals surface area contributed by atoms with Crippen LogP contribution < -0.4 is 0 Å². The molecule has 0 unspecified atom stereocenters. The van der Waals surface area contributed by atoms with E-state index in [4.69, 9.17) is 33.2 Å². The molecule has 4 aliphatic heterocycles. The Balaban J connectivity index is 1.22. The zero-order chi connectivity index (χ0) is 53.2. The van der Waals surface area contributed by atoms with Gasteiger partial charge in [0.15, 0.2) is 12.6 Å². The van der Waals surface area contributed by atoms with Crippen molar-refractivity contribution < 1.29 is 73.4 Å². The number of cyclic esters (lactones) is 2. The second kappa shape index (κ2) is 24.1. The lowest BCUT2D eigenvalue weighted by Crippen LogP contribution is -2.61. The average molecular weight is 1030 g/mol. The van der Waals surface area contributed by atoms with Gasteiger partial charge in [-0.3, -0.25) is 4.79 Å². The lowest BCUT2D eigenvalue weighted by Gasteiger charge is -2.49. The Morgan fingerprint density at radius 1 is 0.903 bits per heavy atom. The summed E-state index contributed by atoms with van der Waals surface area (Å²) in [7, 11) is 5.25. The third kappa shape index (κ3) is 13.5. The summed E-state index contributed by atoms with van der Waals surface area (Å²) in [4.78, 5) is 33.0. The number of nitrogens with zero attached hydrogens (tertiary/aromatic N) is 6. The normalized spacial score (nSPS) is 44.6. The number of methoxy groups -OCH3 is 1. The highest BCUT2D eigenvalue weighted by molar-refractivity contribution is 5.73. The van der Waals surface area contributed by atoms with Crippen LogP contribution in [0.5, 0.6) is 0 Å². The van der Waals surface area contributed by atoms with E-state index in [0.717, 1.165) is 18.5 Å². The molecular weight excluding hydrogens is 937 g/mol. The van der Waals surface area contributed by atoms with Gasteiger partial charge in [-0.1, -0.05) is 26.0 Å². The molecule has 1 aliphatic carbocycles. The van der Waals surface area contributed by atoms with Crippen LogP contribution in [0.4, 0.5) is 4.79 Å². The van der Waals surface area contributed by atoms with Crippen molar-refractivity contribution in [3.8, 4) is 0 Å². The Morgan fingerprint density at radius 3 is 2.24 bits per heavy atom. The number of amides is 1. The number of likely N-dealkylation sites (N-methyl/N-ethyl adjacent to an activating group) is 2. The molecule has 0 aromatic carbocycles. The van der Waals surface area contributed by atoms with E-state index in [-0.39, 0.29) is 55.6 Å². The fourth-order valence-corrected chi connectivity index (χ4v) is 12.2. The van der Waals surface area contributed by atoms with Crippen LogP contribution in [0, 0.1) is 17.8 Å². The molecule has 21 nitrogen and oxygen atoms in total. The minimum atomic E-state index is -1.84. The highest BCUT2D eigenvalue weighted by Gasteiger charge is 2.53. The number of aliphatic hydroxyl groups is 6. The van der Waals surface area contributed by atoms with Gasteiger partial charge in [0.1, 0.15) is 36.1 Å². The molecule has 5 heterocycles. The standard InChI is InChI=1S/C51H90N6O15/c1-14-39-51(10,65)43(60)32(6)55(12)24-28(2)22-49(8,64)45(30(4)42(31(5)46(62)70-39)71-40-23-50(9,66-13)44(61)33(7)68-40)72-47-41(59)38(21-29(3)67-47)54(11)20-19-34-25-56(53-52-34)26-37-27-57(48(63)69-37)35-15-17-36(58)18-16-35/h25,28-33,35-45,47,58-61,64-65H,14-24,26-27H2,1-13H3/t28-,29-,30+,31-,32-,33+,35?,36?,37+,38+,39-,40+,41-,42+,43-,44+,45-,47+,49-,50-,51-/m1/s1. The number of ether oxygens (including phenoxy) is 7. The first-order valence-electron chi connectivity index (χ1n) is 26.5. The molecule has 0 spiro atoms. The SMILES string of the molecule is CC[C@H]1OC(=O)[C@H](C)[C@@H](O[C@H]2C[C@@](C)(OC)[C@@H](O)[C@H](C)O2)[C@H](C)[C@@H](O[C@@H]2O[C@H](C)C[C@H](N(C)CCc3cn(C[C@H]4CN(C5CCC(O)CC5)C(=O)O4)nn3)[C@H]2O)[C@](C)(O)C[C@@H](C)CN(C)[C@H](C)[C@@H](O)[C@]1(C)O. The topological polar surface area (TPSA) is 261 Å². The summed E-state index contributed by atoms with van der Waals surface area (Å²) in [6.07, 6.45) is -5.08. The van der Waals surface area contributed by atoms with Gasteiger partial charge in [-0.15, -0.1) is 5.10 Å². The first-order valence-corrected chi connectivity index (χ1v) is 26.5. The first kappa shape index (κ1) is 58.6. The molecule has 414 valence electrons. The summed E-state index contributed by atoms with van der Waals surface area (Å²) in [5.41, 5.74) is -3.84. The number of carbonyl (C=O) groups is 2. The van der Waals surface area contributed by atoms with Gasteiger partial charge >= 0.3 is 12.1 Å². The van der Waals surface area contributed by atoms with E-state index < -0.39 is 102 Å². The summed E-state index contributed by atoms with van der Waals surface area (Å²) in [6, 6.07) is -0.970. The smallest absolute Gasteiger partial charge is 0.410 e. The summed E-state index contributed by atoms with van der Waals surface area (Å²) >= 11 is 0. The fraction of sp³-hybridized carbons (Fsp3) is 0.922. The van der Waals surface area contributed by atoms with Gasteiger partial charge in [-0.05, 0) is 113 Å². The number of aliphatic hydroxyl groups excluding tert-OH is 4. The Labute approximate surface area is 426 Å². The molecule has 4 saturated heterocycles.